The van der Waals surface area contributed by atoms with Gasteiger partial charge in [0.15, 0.2) is 0 Å². The molecule has 4 nitrogen and oxygen atoms in total. The van der Waals surface area contributed by atoms with Crippen molar-refractivity contribution in [1.82, 2.24) is 9.80 Å². The van der Waals surface area contributed by atoms with Gasteiger partial charge in [0.2, 0.25) is 5.91 Å². The number of carbonyl (C=O) groups excluding carboxylic acids is 1. The van der Waals surface area contributed by atoms with E-state index in [4.69, 9.17) is 11.6 Å². The Kier molecular flexibility index (Phi) is 4.97. The number of carbonyl (C=O) groups is 1. The van der Waals surface area contributed by atoms with E-state index in [0.717, 1.165) is 25.8 Å². The van der Waals surface area contributed by atoms with E-state index >= 15 is 0 Å². The molecule has 26 heavy (non-hydrogen) atoms. The third-order valence-corrected chi connectivity index (χ3v) is 6.84. The van der Waals surface area contributed by atoms with Crippen molar-refractivity contribution in [3.8, 4) is 0 Å². The number of aliphatic hydroxyl groups is 1. The molecule has 6 heteroatoms. The number of halogens is 2. The Morgan fingerprint density at radius 1 is 1.27 bits per heavy atom. The van der Waals surface area contributed by atoms with Crippen molar-refractivity contribution in [3.63, 3.8) is 0 Å². The van der Waals surface area contributed by atoms with Crippen molar-refractivity contribution in [3.05, 3.63) is 34.6 Å². The largest absolute Gasteiger partial charge is 0.389 e. The van der Waals surface area contributed by atoms with Crippen molar-refractivity contribution in [1.29, 1.82) is 0 Å². The standard InChI is InChI=1S/C20H26ClFN2O2/c21-17-6-2-5-15(18(17)22)11-23-9-7-20(26)8-10-24(13-16(20)12-23)19(25)14-3-1-4-14/h2,5-6,14,16,26H,1,3-4,7-13H2/t16-,20-/m1/s1. The minimum atomic E-state index is -0.695. The van der Waals surface area contributed by atoms with Crippen LogP contribution in [0.3, 0.4) is 0 Å². The average Bonchev–Trinajstić information content (AvgIpc) is 2.57. The summed E-state index contributed by atoms with van der Waals surface area (Å²) in [6, 6.07) is 5.08. The molecule has 1 saturated carbocycles. The number of piperidine rings is 2. The Morgan fingerprint density at radius 2 is 2.04 bits per heavy atom. The van der Waals surface area contributed by atoms with Crippen LogP contribution in [0.25, 0.3) is 0 Å². The van der Waals surface area contributed by atoms with Gasteiger partial charge in [-0.2, -0.15) is 0 Å². The maximum Gasteiger partial charge on any atom is 0.225 e. The van der Waals surface area contributed by atoms with Gasteiger partial charge in [-0.3, -0.25) is 9.69 Å². The number of hydrogen-bond donors (Lipinski definition) is 1. The summed E-state index contributed by atoms with van der Waals surface area (Å²) >= 11 is 5.89. The molecular weight excluding hydrogens is 355 g/mol. The number of likely N-dealkylation sites (tertiary alicyclic amines) is 2. The number of hydrogen-bond acceptors (Lipinski definition) is 3. The Labute approximate surface area is 158 Å². The van der Waals surface area contributed by atoms with Gasteiger partial charge in [-0.1, -0.05) is 30.2 Å². The van der Waals surface area contributed by atoms with Crippen LogP contribution in [-0.4, -0.2) is 52.6 Å². The number of rotatable bonds is 3. The van der Waals surface area contributed by atoms with Crippen LogP contribution in [0.4, 0.5) is 4.39 Å². The first-order chi connectivity index (χ1) is 12.5. The summed E-state index contributed by atoms with van der Waals surface area (Å²) in [7, 11) is 0. The van der Waals surface area contributed by atoms with Crippen LogP contribution in [-0.2, 0) is 11.3 Å². The minimum Gasteiger partial charge on any atom is -0.389 e. The van der Waals surface area contributed by atoms with Crippen molar-refractivity contribution in [2.45, 2.75) is 44.2 Å². The zero-order chi connectivity index (χ0) is 18.3. The molecule has 0 aromatic heterocycles. The number of nitrogens with zero attached hydrogens (tertiary/aromatic N) is 2. The van der Waals surface area contributed by atoms with E-state index < -0.39 is 5.60 Å². The van der Waals surface area contributed by atoms with Gasteiger partial charge in [0.05, 0.1) is 10.6 Å². The molecule has 0 radical (unpaired) electrons. The topological polar surface area (TPSA) is 43.8 Å². The molecule has 1 aliphatic carbocycles. The van der Waals surface area contributed by atoms with Crippen LogP contribution in [0.15, 0.2) is 18.2 Å². The van der Waals surface area contributed by atoms with Crippen LogP contribution in [0.2, 0.25) is 5.02 Å². The molecular formula is C20H26ClFN2O2. The molecule has 0 spiro atoms. The molecule has 142 valence electrons. The quantitative estimate of drug-likeness (QED) is 0.876. The molecule has 1 amide bonds. The van der Waals surface area contributed by atoms with E-state index in [2.05, 4.69) is 4.90 Å². The maximum atomic E-state index is 14.2. The highest BCUT2D eigenvalue weighted by Gasteiger charge is 2.46. The highest BCUT2D eigenvalue weighted by atomic mass is 35.5. The van der Waals surface area contributed by atoms with Crippen LogP contribution in [0.1, 0.15) is 37.7 Å². The SMILES string of the molecule is O=C(C1CCC1)N1CC[C@]2(O)CCN(Cc3cccc(Cl)c3F)C[C@@H]2C1. The van der Waals surface area contributed by atoms with Crippen molar-refractivity contribution < 1.29 is 14.3 Å². The van der Waals surface area contributed by atoms with Gasteiger partial charge in [0.1, 0.15) is 5.82 Å². The van der Waals surface area contributed by atoms with Crippen LogP contribution in [0, 0.1) is 17.7 Å². The fourth-order valence-electron chi connectivity index (χ4n) is 4.54. The van der Waals surface area contributed by atoms with Crippen molar-refractivity contribution in [2.24, 2.45) is 11.8 Å². The molecule has 4 rings (SSSR count). The van der Waals surface area contributed by atoms with Gasteiger partial charge < -0.3 is 10.0 Å². The normalized spacial score (nSPS) is 30.0. The van der Waals surface area contributed by atoms with E-state index in [9.17, 15) is 14.3 Å². The van der Waals surface area contributed by atoms with E-state index in [1.54, 1.807) is 18.2 Å². The minimum absolute atomic E-state index is 0.0243. The summed E-state index contributed by atoms with van der Waals surface area (Å²) in [6.07, 6.45) is 4.48. The third kappa shape index (κ3) is 3.37. The maximum absolute atomic E-state index is 14.2. The summed E-state index contributed by atoms with van der Waals surface area (Å²) in [5.41, 5.74) is -0.110. The lowest BCUT2D eigenvalue weighted by atomic mass is 9.74. The third-order valence-electron chi connectivity index (χ3n) is 6.55. The average molecular weight is 381 g/mol. The van der Waals surface area contributed by atoms with Crippen molar-refractivity contribution in [2.75, 3.05) is 26.2 Å². The fraction of sp³-hybridized carbons (Fsp3) is 0.650. The zero-order valence-corrected chi connectivity index (χ0v) is 15.7. The van der Waals surface area contributed by atoms with Gasteiger partial charge in [-0.15, -0.1) is 0 Å². The summed E-state index contributed by atoms with van der Waals surface area (Å²) in [5.74, 6) is 0.120. The molecule has 1 aromatic rings. The molecule has 2 saturated heterocycles. The molecule has 2 atom stereocenters. The molecule has 1 aromatic carbocycles. The Hall–Kier alpha value is -1.17. The molecule has 3 fully saturated rings. The van der Waals surface area contributed by atoms with Crippen LogP contribution >= 0.6 is 11.6 Å². The van der Waals surface area contributed by atoms with E-state index in [1.807, 2.05) is 4.90 Å². The van der Waals surface area contributed by atoms with Gasteiger partial charge in [0.25, 0.3) is 0 Å². The first-order valence-electron chi connectivity index (χ1n) is 9.63. The summed E-state index contributed by atoms with van der Waals surface area (Å²) in [5, 5.41) is 11.2. The monoisotopic (exact) mass is 380 g/mol. The second kappa shape index (κ2) is 7.10. The molecule has 3 aliphatic rings. The number of benzene rings is 1. The highest BCUT2D eigenvalue weighted by Crippen LogP contribution is 2.38. The van der Waals surface area contributed by atoms with Gasteiger partial charge in [-0.25, -0.2) is 4.39 Å². The van der Waals surface area contributed by atoms with Gasteiger partial charge >= 0.3 is 0 Å². The zero-order valence-electron chi connectivity index (χ0n) is 15.0. The van der Waals surface area contributed by atoms with Crippen LogP contribution < -0.4 is 0 Å². The van der Waals surface area contributed by atoms with E-state index in [-0.39, 0.29) is 28.6 Å². The lowest BCUT2D eigenvalue weighted by Crippen LogP contribution is -2.61. The molecule has 0 unspecified atom stereocenters. The van der Waals surface area contributed by atoms with E-state index in [1.165, 1.54) is 0 Å². The lowest BCUT2D eigenvalue weighted by Gasteiger charge is -2.51. The predicted molar refractivity (Wildman–Crippen MR) is 98.3 cm³/mol. The second-order valence-corrected chi connectivity index (χ2v) is 8.57. The molecule has 2 heterocycles. The second-order valence-electron chi connectivity index (χ2n) is 8.16. The smallest absolute Gasteiger partial charge is 0.225 e. The molecule has 0 bridgehead atoms. The first-order valence-corrected chi connectivity index (χ1v) is 10.0. The molecule has 2 aliphatic heterocycles. The summed E-state index contributed by atoms with van der Waals surface area (Å²) in [6.45, 7) is 3.16. The van der Waals surface area contributed by atoms with Gasteiger partial charge in [0, 0.05) is 50.1 Å². The Bertz CT molecular complexity index is 696. The van der Waals surface area contributed by atoms with Gasteiger partial charge in [-0.05, 0) is 31.7 Å². The first kappa shape index (κ1) is 18.2. The lowest BCUT2D eigenvalue weighted by molar-refractivity contribution is -0.153. The summed E-state index contributed by atoms with van der Waals surface area (Å²) < 4.78 is 14.2. The summed E-state index contributed by atoms with van der Waals surface area (Å²) in [4.78, 5) is 16.7. The highest BCUT2D eigenvalue weighted by molar-refractivity contribution is 6.30. The fourth-order valence-corrected chi connectivity index (χ4v) is 4.73. The number of fused-ring (bicyclic) bond motifs is 1. The van der Waals surface area contributed by atoms with Crippen LogP contribution in [0.5, 0.6) is 0 Å². The van der Waals surface area contributed by atoms with Crippen molar-refractivity contribution >= 4 is 17.5 Å². The predicted octanol–water partition coefficient (Wildman–Crippen LogP) is 3.06. The molecule has 1 N–H and O–H groups in total. The number of amides is 1. The Morgan fingerprint density at radius 3 is 2.77 bits per heavy atom. The Balaban J connectivity index is 1.43. The van der Waals surface area contributed by atoms with E-state index in [0.29, 0.717) is 44.6 Å².